The van der Waals surface area contributed by atoms with E-state index in [0.29, 0.717) is 24.4 Å². The highest BCUT2D eigenvalue weighted by atomic mass is 32.1. The van der Waals surface area contributed by atoms with Crippen molar-refractivity contribution in [2.45, 2.75) is 32.7 Å². The van der Waals surface area contributed by atoms with Crippen LogP contribution in [0.4, 0.5) is 0 Å². The van der Waals surface area contributed by atoms with E-state index in [-0.39, 0.29) is 11.8 Å². The molecule has 0 spiro atoms. The molecule has 1 unspecified atom stereocenters. The number of H-pyrrole nitrogens is 1. The molecule has 8 heteroatoms. The van der Waals surface area contributed by atoms with Gasteiger partial charge in [-0.3, -0.25) is 9.59 Å². The topological polar surface area (TPSA) is 91.0 Å². The lowest BCUT2D eigenvalue weighted by atomic mass is 10.1. The molecule has 0 aliphatic carbocycles. The molecule has 2 amide bonds. The van der Waals surface area contributed by atoms with Crippen molar-refractivity contribution in [3.8, 4) is 0 Å². The van der Waals surface area contributed by atoms with Crippen LogP contribution in [0.2, 0.25) is 0 Å². The van der Waals surface area contributed by atoms with Crippen LogP contribution in [0.1, 0.15) is 33.0 Å². The zero-order valence-electron chi connectivity index (χ0n) is 13.1. The van der Waals surface area contributed by atoms with Crippen molar-refractivity contribution >= 4 is 23.2 Å². The molecule has 2 N–H and O–H groups in total. The predicted octanol–water partition coefficient (Wildman–Crippen LogP) is 0.920. The minimum atomic E-state index is -0.525. The first-order chi connectivity index (χ1) is 11.1. The molecule has 23 heavy (non-hydrogen) atoms. The Balaban J connectivity index is 1.86. The van der Waals surface area contributed by atoms with Crippen LogP contribution in [0.5, 0.6) is 0 Å². The maximum absolute atomic E-state index is 12.9. The molecule has 1 aliphatic heterocycles. The van der Waals surface area contributed by atoms with Crippen LogP contribution < -0.4 is 5.32 Å². The first kappa shape index (κ1) is 15.7. The number of aromatic nitrogens is 3. The van der Waals surface area contributed by atoms with Gasteiger partial charge in [0.15, 0.2) is 0 Å². The number of hydrogen-bond acceptors (Lipinski definition) is 5. The summed E-state index contributed by atoms with van der Waals surface area (Å²) >= 11 is 1.42. The minimum Gasteiger partial charge on any atom is -0.353 e. The molecule has 1 fully saturated rings. The number of aromatic amines is 1. The number of imidazole rings is 1. The normalized spacial score (nSPS) is 18.1. The monoisotopic (exact) mass is 333 g/mol. The van der Waals surface area contributed by atoms with Gasteiger partial charge in [-0.25, -0.2) is 9.97 Å². The van der Waals surface area contributed by atoms with E-state index in [2.05, 4.69) is 20.3 Å². The second-order valence-electron chi connectivity index (χ2n) is 5.46. The van der Waals surface area contributed by atoms with E-state index in [1.807, 2.05) is 13.8 Å². The van der Waals surface area contributed by atoms with Gasteiger partial charge < -0.3 is 15.2 Å². The summed E-state index contributed by atoms with van der Waals surface area (Å²) in [6.45, 7) is 4.84. The lowest BCUT2D eigenvalue weighted by Crippen LogP contribution is -2.58. The van der Waals surface area contributed by atoms with Crippen molar-refractivity contribution in [1.82, 2.24) is 25.2 Å². The summed E-state index contributed by atoms with van der Waals surface area (Å²) in [6, 6.07) is -0.525. The molecule has 7 nitrogen and oxygen atoms in total. The largest absolute Gasteiger partial charge is 0.353 e. The predicted molar refractivity (Wildman–Crippen MR) is 86.4 cm³/mol. The van der Waals surface area contributed by atoms with E-state index < -0.39 is 6.04 Å². The first-order valence-corrected chi connectivity index (χ1v) is 8.44. The number of carbonyl (C=O) groups is 2. The summed E-state index contributed by atoms with van der Waals surface area (Å²) < 4.78 is 0. The van der Waals surface area contributed by atoms with Gasteiger partial charge in [0.2, 0.25) is 5.91 Å². The second kappa shape index (κ2) is 6.49. The molecule has 1 aliphatic rings. The molecular weight excluding hydrogens is 314 g/mol. The van der Waals surface area contributed by atoms with Crippen LogP contribution in [0, 0.1) is 6.92 Å². The summed E-state index contributed by atoms with van der Waals surface area (Å²) in [5.74, 6) is -0.240. The molecule has 0 bridgehead atoms. The van der Waals surface area contributed by atoms with E-state index in [9.17, 15) is 9.59 Å². The molecule has 1 atom stereocenters. The summed E-state index contributed by atoms with van der Waals surface area (Å²) in [5.41, 5.74) is 1.57. The Bertz CT molecular complexity index is 710. The van der Waals surface area contributed by atoms with Gasteiger partial charge in [0.25, 0.3) is 5.91 Å². The van der Waals surface area contributed by atoms with Gasteiger partial charge in [-0.1, -0.05) is 6.92 Å². The number of rotatable bonds is 4. The third-order valence-corrected chi connectivity index (χ3v) is 5.19. The summed E-state index contributed by atoms with van der Waals surface area (Å²) in [6.07, 6.45) is 4.48. The average Bonchev–Trinajstić information content (AvgIpc) is 3.18. The standard InChI is InChI=1S/C15H19N5O2S/c1-3-12-19-9(2)13(23-12)15(22)20-5-4-17-14(21)11(20)6-10-7-16-8-18-10/h7-8,11H,3-6H2,1-2H3,(H,16,18)(H,17,21). The molecular formula is C15H19N5O2S. The quantitative estimate of drug-likeness (QED) is 0.870. The molecule has 0 radical (unpaired) electrons. The number of nitrogens with one attached hydrogen (secondary N) is 2. The lowest BCUT2D eigenvalue weighted by Gasteiger charge is -2.34. The summed E-state index contributed by atoms with van der Waals surface area (Å²) in [4.78, 5) is 38.8. The number of hydrogen-bond donors (Lipinski definition) is 2. The molecule has 2 aromatic heterocycles. The molecule has 2 aromatic rings. The van der Waals surface area contributed by atoms with Crippen molar-refractivity contribution < 1.29 is 9.59 Å². The fourth-order valence-electron chi connectivity index (χ4n) is 2.70. The average molecular weight is 333 g/mol. The van der Waals surface area contributed by atoms with Crippen molar-refractivity contribution in [1.29, 1.82) is 0 Å². The molecule has 0 saturated carbocycles. The molecule has 122 valence electrons. The van der Waals surface area contributed by atoms with Crippen LogP contribution in [-0.4, -0.2) is 50.8 Å². The number of amides is 2. The van der Waals surface area contributed by atoms with Crippen LogP contribution in [0.25, 0.3) is 0 Å². The van der Waals surface area contributed by atoms with Gasteiger partial charge in [-0.15, -0.1) is 11.3 Å². The second-order valence-corrected chi connectivity index (χ2v) is 6.55. The van der Waals surface area contributed by atoms with Gasteiger partial charge in [0.05, 0.1) is 17.0 Å². The van der Waals surface area contributed by atoms with E-state index in [0.717, 1.165) is 22.8 Å². The Labute approximate surface area is 138 Å². The van der Waals surface area contributed by atoms with Crippen molar-refractivity contribution in [3.63, 3.8) is 0 Å². The Morgan fingerprint density at radius 2 is 2.35 bits per heavy atom. The molecule has 3 heterocycles. The van der Waals surface area contributed by atoms with Gasteiger partial charge in [-0.2, -0.15) is 0 Å². The van der Waals surface area contributed by atoms with Gasteiger partial charge >= 0.3 is 0 Å². The zero-order chi connectivity index (χ0) is 16.4. The number of nitrogens with zero attached hydrogens (tertiary/aromatic N) is 3. The van der Waals surface area contributed by atoms with Crippen molar-refractivity contribution in [3.05, 3.63) is 33.8 Å². The van der Waals surface area contributed by atoms with Crippen molar-refractivity contribution in [2.24, 2.45) is 0 Å². The molecule has 0 aromatic carbocycles. The Morgan fingerprint density at radius 3 is 3.00 bits per heavy atom. The fourth-order valence-corrected chi connectivity index (χ4v) is 3.66. The van der Waals surface area contributed by atoms with E-state index in [1.165, 1.54) is 11.3 Å². The highest BCUT2D eigenvalue weighted by Crippen LogP contribution is 2.23. The van der Waals surface area contributed by atoms with Gasteiger partial charge in [0, 0.05) is 31.4 Å². The van der Waals surface area contributed by atoms with Gasteiger partial charge in [-0.05, 0) is 13.3 Å². The number of thiazole rings is 1. The maximum Gasteiger partial charge on any atom is 0.266 e. The van der Waals surface area contributed by atoms with E-state index in [1.54, 1.807) is 17.4 Å². The van der Waals surface area contributed by atoms with Gasteiger partial charge in [0.1, 0.15) is 10.9 Å². The Kier molecular flexibility index (Phi) is 4.42. The summed E-state index contributed by atoms with van der Waals surface area (Å²) in [7, 11) is 0. The SMILES string of the molecule is CCc1nc(C)c(C(=O)N2CCNC(=O)C2Cc2cnc[nH]2)s1. The summed E-state index contributed by atoms with van der Waals surface area (Å²) in [5, 5.41) is 3.77. The first-order valence-electron chi connectivity index (χ1n) is 7.62. The third kappa shape index (κ3) is 3.12. The van der Waals surface area contributed by atoms with Crippen molar-refractivity contribution in [2.75, 3.05) is 13.1 Å². The number of carbonyl (C=O) groups excluding carboxylic acids is 2. The molecule has 3 rings (SSSR count). The fraction of sp³-hybridized carbons (Fsp3) is 0.467. The number of piperazine rings is 1. The minimum absolute atomic E-state index is 0.112. The third-order valence-electron chi connectivity index (χ3n) is 3.90. The van der Waals surface area contributed by atoms with Crippen LogP contribution >= 0.6 is 11.3 Å². The van der Waals surface area contributed by atoms with Crippen LogP contribution in [0.15, 0.2) is 12.5 Å². The highest BCUT2D eigenvalue weighted by Gasteiger charge is 2.35. The molecule has 1 saturated heterocycles. The van der Waals surface area contributed by atoms with E-state index >= 15 is 0 Å². The lowest BCUT2D eigenvalue weighted by molar-refractivity contribution is -0.127. The highest BCUT2D eigenvalue weighted by molar-refractivity contribution is 7.13. The smallest absolute Gasteiger partial charge is 0.266 e. The van der Waals surface area contributed by atoms with Crippen LogP contribution in [0.3, 0.4) is 0 Å². The number of aryl methyl sites for hydroxylation is 2. The van der Waals surface area contributed by atoms with Crippen LogP contribution in [-0.2, 0) is 17.6 Å². The zero-order valence-corrected chi connectivity index (χ0v) is 13.9. The maximum atomic E-state index is 12.9. The van der Waals surface area contributed by atoms with E-state index in [4.69, 9.17) is 0 Å². The Hall–Kier alpha value is -2.22. The Morgan fingerprint density at radius 1 is 1.52 bits per heavy atom.